The molecule has 0 fully saturated rings. The van der Waals surface area contributed by atoms with Crippen molar-refractivity contribution >= 4 is 46.9 Å². The maximum absolute atomic E-state index is 14.8. The van der Waals surface area contributed by atoms with Crippen LogP contribution >= 0.6 is 11.6 Å². The lowest BCUT2D eigenvalue weighted by Crippen LogP contribution is -2.49. The molecule has 13 heteroatoms. The molecule has 3 aliphatic rings. The molecule has 50 heavy (non-hydrogen) atoms. The van der Waals surface area contributed by atoms with Gasteiger partial charge in [0.15, 0.2) is 5.82 Å². The molecule has 260 valence electrons. The summed E-state index contributed by atoms with van der Waals surface area (Å²) in [5.41, 5.74) is 2.44. The van der Waals surface area contributed by atoms with Crippen molar-refractivity contribution in [1.29, 1.82) is 0 Å². The Bertz CT molecular complexity index is 1910. The van der Waals surface area contributed by atoms with Gasteiger partial charge in [-0.25, -0.2) is 14.0 Å². The Hall–Kier alpha value is -5.23. The van der Waals surface area contributed by atoms with Gasteiger partial charge in [0, 0.05) is 30.8 Å². The highest BCUT2D eigenvalue weighted by Crippen LogP contribution is 2.39. The van der Waals surface area contributed by atoms with Gasteiger partial charge in [0.05, 0.1) is 22.3 Å². The second-order valence-corrected chi connectivity index (χ2v) is 13.7. The number of carbonyl (C=O) groups excluding carboxylic acids is 3. The molecule has 2 N–H and O–H groups in total. The minimum absolute atomic E-state index is 0.0397. The van der Waals surface area contributed by atoms with Crippen LogP contribution in [0.25, 0.3) is 0 Å². The van der Waals surface area contributed by atoms with E-state index in [9.17, 15) is 28.7 Å². The van der Waals surface area contributed by atoms with Gasteiger partial charge in [-0.3, -0.25) is 14.5 Å². The normalized spacial score (nSPS) is 20.0. The van der Waals surface area contributed by atoms with Gasteiger partial charge in [-0.1, -0.05) is 53.2 Å². The van der Waals surface area contributed by atoms with Gasteiger partial charge in [-0.15, -0.1) is 0 Å². The average molecular weight is 703 g/mol. The van der Waals surface area contributed by atoms with E-state index in [-0.39, 0.29) is 35.8 Å². The molecule has 0 saturated heterocycles. The number of fused-ring (bicyclic) bond motifs is 1. The van der Waals surface area contributed by atoms with E-state index in [0.29, 0.717) is 29.7 Å². The predicted octanol–water partition coefficient (Wildman–Crippen LogP) is 6.67. The van der Waals surface area contributed by atoms with Gasteiger partial charge in [0.2, 0.25) is 6.10 Å². The fourth-order valence-electron chi connectivity index (χ4n) is 6.52. The summed E-state index contributed by atoms with van der Waals surface area (Å²) in [7, 11) is 0. The molecule has 3 aromatic rings. The Morgan fingerprint density at radius 3 is 2.44 bits per heavy atom. The van der Waals surface area contributed by atoms with E-state index in [1.807, 2.05) is 12.1 Å². The molecular weight excluding hydrogens is 667 g/mol. The van der Waals surface area contributed by atoms with Crippen LogP contribution in [0, 0.1) is 5.82 Å². The van der Waals surface area contributed by atoms with Gasteiger partial charge in [-0.05, 0) is 86.7 Å². The third-order valence-corrected chi connectivity index (χ3v) is 9.08. The van der Waals surface area contributed by atoms with Crippen LogP contribution in [0.15, 0.2) is 78.0 Å². The topological polar surface area (TPSA) is 138 Å². The lowest BCUT2D eigenvalue weighted by atomic mass is 9.84. The SMILES string of the molecule is CC(C)(C)OC(=O)c1ccc(NC(=O)[C@@H]2c3cccc(C4CC=CCN4C(=O)O)c3CCN2C(=O)[C@H]2CC(c3cccc(Cl)c3F)=NO2)cc1. The molecule has 0 saturated carbocycles. The lowest BCUT2D eigenvalue weighted by molar-refractivity contribution is -0.148. The summed E-state index contributed by atoms with van der Waals surface area (Å²) in [6.07, 6.45) is 2.33. The molecule has 3 aromatic carbocycles. The maximum Gasteiger partial charge on any atom is 0.408 e. The van der Waals surface area contributed by atoms with E-state index in [4.69, 9.17) is 21.2 Å². The van der Waals surface area contributed by atoms with Crippen molar-refractivity contribution in [1.82, 2.24) is 9.80 Å². The smallest absolute Gasteiger partial charge is 0.408 e. The van der Waals surface area contributed by atoms with Gasteiger partial charge < -0.3 is 24.9 Å². The van der Waals surface area contributed by atoms with Crippen molar-refractivity contribution in [2.75, 3.05) is 18.4 Å². The number of rotatable bonds is 6. The van der Waals surface area contributed by atoms with Gasteiger partial charge in [-0.2, -0.15) is 0 Å². The zero-order valence-electron chi connectivity index (χ0n) is 27.7. The molecule has 3 amide bonds. The summed E-state index contributed by atoms with van der Waals surface area (Å²) in [6.45, 7) is 5.65. The van der Waals surface area contributed by atoms with Crippen LogP contribution in [0.5, 0.6) is 0 Å². The molecule has 1 unspecified atom stereocenters. The number of oxime groups is 1. The Balaban J connectivity index is 1.31. The lowest BCUT2D eigenvalue weighted by Gasteiger charge is -2.40. The zero-order chi connectivity index (χ0) is 35.7. The van der Waals surface area contributed by atoms with Crippen LogP contribution < -0.4 is 5.32 Å². The number of esters is 1. The van der Waals surface area contributed by atoms with Crippen molar-refractivity contribution in [3.63, 3.8) is 0 Å². The average Bonchev–Trinajstić information content (AvgIpc) is 3.58. The Morgan fingerprint density at radius 2 is 1.72 bits per heavy atom. The molecule has 3 atom stereocenters. The first-order valence-corrected chi connectivity index (χ1v) is 16.6. The molecule has 11 nitrogen and oxygen atoms in total. The zero-order valence-corrected chi connectivity index (χ0v) is 28.4. The number of hydrogen-bond acceptors (Lipinski definition) is 7. The predicted molar refractivity (Wildman–Crippen MR) is 184 cm³/mol. The summed E-state index contributed by atoms with van der Waals surface area (Å²) in [5.74, 6) is -2.23. The third-order valence-electron chi connectivity index (χ3n) is 8.79. The monoisotopic (exact) mass is 702 g/mol. The Kier molecular flexibility index (Phi) is 9.66. The quantitative estimate of drug-likeness (QED) is 0.216. The summed E-state index contributed by atoms with van der Waals surface area (Å²) < 4.78 is 20.2. The highest BCUT2D eigenvalue weighted by molar-refractivity contribution is 6.31. The summed E-state index contributed by atoms with van der Waals surface area (Å²) in [4.78, 5) is 61.4. The summed E-state index contributed by atoms with van der Waals surface area (Å²) in [5, 5.41) is 16.7. The Labute approximate surface area is 293 Å². The van der Waals surface area contributed by atoms with E-state index >= 15 is 0 Å². The summed E-state index contributed by atoms with van der Waals surface area (Å²) in [6, 6.07) is 14.5. The van der Waals surface area contributed by atoms with Crippen molar-refractivity contribution in [2.24, 2.45) is 5.16 Å². The van der Waals surface area contributed by atoms with Gasteiger partial charge in [0.1, 0.15) is 11.6 Å². The number of anilines is 1. The number of nitrogens with one attached hydrogen (secondary N) is 1. The number of ether oxygens (including phenoxy) is 1. The van der Waals surface area contributed by atoms with Crippen molar-refractivity contribution in [2.45, 2.75) is 63.8 Å². The van der Waals surface area contributed by atoms with Crippen LogP contribution in [-0.2, 0) is 25.6 Å². The third kappa shape index (κ3) is 7.07. The Morgan fingerprint density at radius 1 is 1.00 bits per heavy atom. The first kappa shape index (κ1) is 34.6. The first-order valence-electron chi connectivity index (χ1n) is 16.2. The molecule has 0 aliphatic carbocycles. The highest BCUT2D eigenvalue weighted by atomic mass is 35.5. The van der Waals surface area contributed by atoms with Crippen molar-refractivity contribution < 1.29 is 38.2 Å². The van der Waals surface area contributed by atoms with E-state index in [1.165, 1.54) is 34.1 Å². The van der Waals surface area contributed by atoms with E-state index in [0.717, 1.165) is 11.1 Å². The molecule has 0 spiro atoms. The molecule has 0 bridgehead atoms. The molecular formula is C37H36ClFN4O7. The van der Waals surface area contributed by atoms with Crippen LogP contribution in [0.3, 0.4) is 0 Å². The standard InChI is InChI=1S/C37H36ClFN4O7/c1-37(2,3)49-35(46)21-13-15-22(16-14-21)40-33(44)32-25-9-6-8-24(29-12-4-5-18-42(29)36(47)48)23(25)17-19-43(32)34(45)30-20-28(41-50-30)26-10-7-11-27(38)31(26)39/h4-11,13-16,29-30,32H,12,17-20H2,1-3H3,(H,40,44)(H,47,48)/t29?,30-,32+/m1/s1. The van der Waals surface area contributed by atoms with Crippen molar-refractivity contribution in [3.8, 4) is 0 Å². The second kappa shape index (κ2) is 13.9. The number of amides is 3. The second-order valence-electron chi connectivity index (χ2n) is 13.3. The van der Waals surface area contributed by atoms with E-state index in [2.05, 4.69) is 10.5 Å². The fourth-order valence-corrected chi connectivity index (χ4v) is 6.70. The number of hydrogen-bond donors (Lipinski definition) is 2. The minimum atomic E-state index is -1.13. The molecule has 3 aliphatic heterocycles. The molecule has 6 rings (SSSR count). The van der Waals surface area contributed by atoms with Crippen LogP contribution in [0.1, 0.15) is 78.3 Å². The number of carboxylic acid groups (broad SMARTS) is 1. The maximum atomic E-state index is 14.8. The number of halogens is 2. The largest absolute Gasteiger partial charge is 0.465 e. The number of benzene rings is 3. The minimum Gasteiger partial charge on any atom is -0.465 e. The van der Waals surface area contributed by atoms with E-state index in [1.54, 1.807) is 57.2 Å². The van der Waals surface area contributed by atoms with Gasteiger partial charge in [0.25, 0.3) is 11.8 Å². The van der Waals surface area contributed by atoms with Crippen molar-refractivity contribution in [3.05, 3.63) is 111 Å². The van der Waals surface area contributed by atoms with Gasteiger partial charge >= 0.3 is 12.1 Å². The molecule has 0 aromatic heterocycles. The number of carbonyl (C=O) groups is 4. The number of nitrogens with zero attached hydrogens (tertiary/aromatic N) is 3. The molecule has 3 heterocycles. The van der Waals surface area contributed by atoms with Crippen LogP contribution in [0.4, 0.5) is 14.9 Å². The summed E-state index contributed by atoms with van der Waals surface area (Å²) >= 11 is 5.97. The van der Waals surface area contributed by atoms with Crippen LogP contribution in [0.2, 0.25) is 5.02 Å². The molecule has 0 radical (unpaired) electrons. The first-order chi connectivity index (χ1) is 23.8. The fraction of sp³-hybridized carbons (Fsp3) is 0.324. The van der Waals surface area contributed by atoms with Crippen LogP contribution in [-0.4, -0.2) is 69.3 Å². The highest BCUT2D eigenvalue weighted by Gasteiger charge is 2.43. The van der Waals surface area contributed by atoms with E-state index < -0.39 is 53.5 Å².